The first kappa shape index (κ1) is 14.9. The summed E-state index contributed by atoms with van der Waals surface area (Å²) in [6.45, 7) is 2.12. The van der Waals surface area contributed by atoms with Gasteiger partial charge in [-0.05, 0) is 20.0 Å². The van der Waals surface area contributed by atoms with Gasteiger partial charge in [-0.3, -0.25) is 4.90 Å². The third-order valence-corrected chi connectivity index (χ3v) is 3.83. The van der Waals surface area contributed by atoms with E-state index >= 15 is 0 Å². The van der Waals surface area contributed by atoms with Crippen LogP contribution < -0.4 is 0 Å². The van der Waals surface area contributed by atoms with Crippen LogP contribution >= 0.6 is 0 Å². The molecule has 0 saturated carbocycles. The first-order valence-corrected chi connectivity index (χ1v) is 7.63. The van der Waals surface area contributed by atoms with Gasteiger partial charge in [0.05, 0.1) is 5.75 Å². The van der Waals surface area contributed by atoms with E-state index in [-0.39, 0.29) is 17.5 Å². The lowest BCUT2D eigenvalue weighted by atomic mass is 10.1. The fourth-order valence-electron chi connectivity index (χ4n) is 1.60. The standard InChI is InChI=1S/C12H18FNO3S/c1-9(14(2)6-7-18(3,16)17)11-5-4-10(15)8-12(11)13/h4-5,8-9,15H,6-7H2,1-3H3. The molecule has 0 aromatic heterocycles. The SMILES string of the molecule is CC(c1ccc(O)cc1F)N(C)CCS(C)(=O)=O. The van der Waals surface area contributed by atoms with Gasteiger partial charge >= 0.3 is 0 Å². The Morgan fingerprint density at radius 3 is 2.56 bits per heavy atom. The van der Waals surface area contributed by atoms with E-state index < -0.39 is 15.7 Å². The average Bonchev–Trinajstić information content (AvgIpc) is 2.24. The summed E-state index contributed by atoms with van der Waals surface area (Å²) in [5.41, 5.74) is 0.434. The fraction of sp³-hybridized carbons (Fsp3) is 0.500. The molecule has 1 rings (SSSR count). The minimum atomic E-state index is -3.03. The third kappa shape index (κ3) is 4.27. The molecule has 1 unspecified atom stereocenters. The lowest BCUT2D eigenvalue weighted by molar-refractivity contribution is 0.270. The number of nitrogens with zero attached hydrogens (tertiary/aromatic N) is 1. The van der Waals surface area contributed by atoms with E-state index in [0.29, 0.717) is 12.1 Å². The Morgan fingerprint density at radius 1 is 1.44 bits per heavy atom. The Kier molecular flexibility index (Phi) is 4.70. The van der Waals surface area contributed by atoms with E-state index in [1.54, 1.807) is 18.9 Å². The summed E-state index contributed by atoms with van der Waals surface area (Å²) in [6, 6.07) is 3.72. The molecule has 1 aromatic rings. The Morgan fingerprint density at radius 2 is 2.06 bits per heavy atom. The van der Waals surface area contributed by atoms with Gasteiger partial charge in [0, 0.05) is 30.5 Å². The summed E-state index contributed by atoms with van der Waals surface area (Å²) in [7, 11) is -1.29. The van der Waals surface area contributed by atoms with Crippen LogP contribution in [-0.4, -0.2) is 44.0 Å². The predicted molar refractivity (Wildman–Crippen MR) is 68.8 cm³/mol. The van der Waals surface area contributed by atoms with E-state index in [0.717, 1.165) is 6.07 Å². The zero-order chi connectivity index (χ0) is 13.9. The Hall–Kier alpha value is -1.14. The molecule has 0 spiro atoms. The molecule has 0 amide bonds. The quantitative estimate of drug-likeness (QED) is 0.886. The van der Waals surface area contributed by atoms with Crippen molar-refractivity contribution in [2.75, 3.05) is 25.6 Å². The van der Waals surface area contributed by atoms with Crippen molar-refractivity contribution in [1.29, 1.82) is 0 Å². The molecule has 0 aliphatic heterocycles. The number of sulfone groups is 1. The molecule has 18 heavy (non-hydrogen) atoms. The number of benzene rings is 1. The highest BCUT2D eigenvalue weighted by molar-refractivity contribution is 7.90. The second kappa shape index (κ2) is 5.67. The lowest BCUT2D eigenvalue weighted by Gasteiger charge is -2.25. The summed E-state index contributed by atoms with van der Waals surface area (Å²) in [4.78, 5) is 1.76. The van der Waals surface area contributed by atoms with E-state index in [1.165, 1.54) is 18.4 Å². The highest BCUT2D eigenvalue weighted by atomic mass is 32.2. The average molecular weight is 275 g/mol. The van der Waals surface area contributed by atoms with Crippen molar-refractivity contribution in [2.24, 2.45) is 0 Å². The summed E-state index contributed by atoms with van der Waals surface area (Å²) < 4.78 is 35.8. The van der Waals surface area contributed by atoms with E-state index in [9.17, 15) is 12.8 Å². The van der Waals surface area contributed by atoms with Gasteiger partial charge in [0.15, 0.2) is 0 Å². The number of phenols is 1. The van der Waals surface area contributed by atoms with Crippen LogP contribution in [0.4, 0.5) is 4.39 Å². The fourth-order valence-corrected chi connectivity index (χ4v) is 2.22. The van der Waals surface area contributed by atoms with E-state index in [4.69, 9.17) is 5.11 Å². The molecule has 0 radical (unpaired) electrons. The van der Waals surface area contributed by atoms with Gasteiger partial charge in [-0.2, -0.15) is 0 Å². The van der Waals surface area contributed by atoms with E-state index in [1.807, 2.05) is 0 Å². The van der Waals surface area contributed by atoms with Crippen molar-refractivity contribution in [3.63, 3.8) is 0 Å². The third-order valence-electron chi connectivity index (χ3n) is 2.91. The topological polar surface area (TPSA) is 57.6 Å². The zero-order valence-electron chi connectivity index (χ0n) is 10.7. The number of phenolic OH excluding ortho intramolecular Hbond substituents is 1. The molecule has 102 valence electrons. The predicted octanol–water partition coefficient (Wildman–Crippen LogP) is 1.57. The van der Waals surface area contributed by atoms with Crippen LogP contribution in [0.5, 0.6) is 5.75 Å². The van der Waals surface area contributed by atoms with Gasteiger partial charge in [0.25, 0.3) is 0 Å². The molecule has 0 aliphatic rings. The Labute approximate surface area is 107 Å². The Balaban J connectivity index is 2.77. The molecule has 0 heterocycles. The maximum atomic E-state index is 13.6. The minimum Gasteiger partial charge on any atom is -0.508 e. The zero-order valence-corrected chi connectivity index (χ0v) is 11.5. The molecule has 0 bridgehead atoms. The first-order valence-electron chi connectivity index (χ1n) is 5.57. The maximum Gasteiger partial charge on any atom is 0.148 e. The summed E-state index contributed by atoms with van der Waals surface area (Å²) >= 11 is 0. The second-order valence-electron chi connectivity index (χ2n) is 4.49. The monoisotopic (exact) mass is 275 g/mol. The summed E-state index contributed by atoms with van der Waals surface area (Å²) in [5, 5.41) is 9.14. The summed E-state index contributed by atoms with van der Waals surface area (Å²) in [5.74, 6) is -0.580. The highest BCUT2D eigenvalue weighted by Crippen LogP contribution is 2.24. The van der Waals surface area contributed by atoms with Crippen LogP contribution in [0.3, 0.4) is 0 Å². The molecule has 0 saturated heterocycles. The van der Waals surface area contributed by atoms with Crippen LogP contribution in [0.2, 0.25) is 0 Å². The van der Waals surface area contributed by atoms with Crippen LogP contribution in [0, 0.1) is 5.82 Å². The van der Waals surface area contributed by atoms with Gasteiger partial charge < -0.3 is 5.11 Å². The molecule has 0 aliphatic carbocycles. The normalized spacial score (nSPS) is 13.8. The largest absolute Gasteiger partial charge is 0.508 e. The van der Waals surface area contributed by atoms with Gasteiger partial charge in [0.2, 0.25) is 0 Å². The van der Waals surface area contributed by atoms with Crippen LogP contribution in [0.1, 0.15) is 18.5 Å². The van der Waals surface area contributed by atoms with Crippen LogP contribution in [-0.2, 0) is 9.84 Å². The van der Waals surface area contributed by atoms with Crippen molar-refractivity contribution >= 4 is 9.84 Å². The Bertz CT molecular complexity index is 516. The van der Waals surface area contributed by atoms with Crippen molar-refractivity contribution in [3.8, 4) is 5.75 Å². The van der Waals surface area contributed by atoms with Crippen LogP contribution in [0.15, 0.2) is 18.2 Å². The first-order chi connectivity index (χ1) is 8.20. The van der Waals surface area contributed by atoms with Gasteiger partial charge in [-0.25, -0.2) is 12.8 Å². The van der Waals surface area contributed by atoms with Gasteiger partial charge in [0.1, 0.15) is 21.4 Å². The molecule has 0 fully saturated rings. The number of aromatic hydroxyl groups is 1. The summed E-state index contributed by atoms with van der Waals surface area (Å²) in [6.07, 6.45) is 1.17. The van der Waals surface area contributed by atoms with E-state index in [2.05, 4.69) is 0 Å². The minimum absolute atomic E-state index is 0.0353. The smallest absolute Gasteiger partial charge is 0.148 e. The molecule has 1 atom stereocenters. The molecular formula is C12H18FNO3S. The molecule has 6 heteroatoms. The van der Waals surface area contributed by atoms with Gasteiger partial charge in [-0.1, -0.05) is 6.07 Å². The van der Waals surface area contributed by atoms with Crippen molar-refractivity contribution in [1.82, 2.24) is 4.90 Å². The number of hydrogen-bond donors (Lipinski definition) is 1. The maximum absolute atomic E-state index is 13.6. The molecule has 4 nitrogen and oxygen atoms in total. The number of halogens is 1. The molecule has 1 N–H and O–H groups in total. The van der Waals surface area contributed by atoms with Crippen LogP contribution in [0.25, 0.3) is 0 Å². The lowest BCUT2D eigenvalue weighted by Crippen LogP contribution is -2.28. The number of rotatable bonds is 5. The number of hydrogen-bond acceptors (Lipinski definition) is 4. The van der Waals surface area contributed by atoms with Crippen molar-refractivity contribution < 1.29 is 17.9 Å². The highest BCUT2D eigenvalue weighted by Gasteiger charge is 2.17. The molecular weight excluding hydrogens is 257 g/mol. The second-order valence-corrected chi connectivity index (χ2v) is 6.75. The van der Waals surface area contributed by atoms with Crippen molar-refractivity contribution in [2.45, 2.75) is 13.0 Å². The molecule has 1 aromatic carbocycles. The van der Waals surface area contributed by atoms with Gasteiger partial charge in [-0.15, -0.1) is 0 Å². The van der Waals surface area contributed by atoms with Crippen molar-refractivity contribution in [3.05, 3.63) is 29.6 Å².